The Bertz CT molecular complexity index is 1220. The summed E-state index contributed by atoms with van der Waals surface area (Å²) in [4.78, 5) is 18.4. The van der Waals surface area contributed by atoms with Crippen molar-refractivity contribution in [3.8, 4) is 29.4 Å². The Morgan fingerprint density at radius 3 is 2.68 bits per heavy atom. The van der Waals surface area contributed by atoms with Crippen LogP contribution in [0, 0.1) is 23.7 Å². The van der Waals surface area contributed by atoms with E-state index in [0.717, 1.165) is 16.7 Å². The molecule has 1 unspecified atom stereocenters. The quantitative estimate of drug-likeness (QED) is 0.311. The zero-order chi connectivity index (χ0) is 22.1. The first kappa shape index (κ1) is 21.6. The lowest BCUT2D eigenvalue weighted by Crippen LogP contribution is -2.25. The summed E-state index contributed by atoms with van der Waals surface area (Å²) < 4.78 is 1.69. The van der Waals surface area contributed by atoms with Gasteiger partial charge in [0.1, 0.15) is 0 Å². The predicted octanol–water partition coefficient (Wildman–Crippen LogP) is 1.71. The monoisotopic (exact) mass is 413 g/mol. The van der Waals surface area contributed by atoms with Crippen molar-refractivity contribution in [3.63, 3.8) is 0 Å². The average Bonchev–Trinajstić information content (AvgIpc) is 3.19. The van der Waals surface area contributed by atoms with E-state index in [1.54, 1.807) is 17.0 Å². The highest BCUT2D eigenvalue weighted by atomic mass is 16.3. The van der Waals surface area contributed by atoms with E-state index in [2.05, 4.69) is 50.6 Å². The summed E-state index contributed by atoms with van der Waals surface area (Å²) in [6, 6.07) is 7.80. The number of aryl methyl sites for hydroxylation is 1. The molecule has 3 N–H and O–H groups in total. The van der Waals surface area contributed by atoms with Crippen LogP contribution >= 0.6 is 0 Å². The molecule has 7 nitrogen and oxygen atoms in total. The molecular formula is C24H23N5O2. The van der Waals surface area contributed by atoms with E-state index in [4.69, 9.17) is 0 Å². The maximum Gasteiger partial charge on any atom is 0.293 e. The van der Waals surface area contributed by atoms with Gasteiger partial charge in [-0.3, -0.25) is 9.48 Å². The van der Waals surface area contributed by atoms with Crippen molar-refractivity contribution in [1.29, 1.82) is 0 Å². The third-order valence-electron chi connectivity index (χ3n) is 4.54. The van der Waals surface area contributed by atoms with Crippen molar-refractivity contribution in [3.05, 3.63) is 88.4 Å². The first-order chi connectivity index (χ1) is 15.1. The Labute approximate surface area is 180 Å². The van der Waals surface area contributed by atoms with E-state index in [1.807, 2.05) is 37.5 Å². The van der Waals surface area contributed by atoms with Gasteiger partial charge < -0.3 is 15.4 Å². The van der Waals surface area contributed by atoms with Crippen molar-refractivity contribution in [2.75, 3.05) is 13.1 Å². The molecule has 3 rings (SSSR count). The van der Waals surface area contributed by atoms with Crippen LogP contribution in [0.2, 0.25) is 0 Å². The summed E-state index contributed by atoms with van der Waals surface area (Å²) in [7, 11) is 1.84. The van der Waals surface area contributed by atoms with Gasteiger partial charge in [0.05, 0.1) is 23.8 Å². The van der Waals surface area contributed by atoms with Gasteiger partial charge >= 0.3 is 0 Å². The lowest BCUT2D eigenvalue weighted by atomic mass is 9.94. The van der Waals surface area contributed by atoms with Gasteiger partial charge in [0.25, 0.3) is 5.56 Å². The zero-order valence-electron chi connectivity index (χ0n) is 17.2. The SMILES string of the molecule is C=CCNCC(Cc1ccc(C#CC#Cc2cnn(C)c2)cc1)c1nc[nH]c(=O)c1O. The summed E-state index contributed by atoms with van der Waals surface area (Å²) in [5.74, 6) is 11.1. The van der Waals surface area contributed by atoms with Crippen LogP contribution in [-0.2, 0) is 13.5 Å². The van der Waals surface area contributed by atoms with Gasteiger partial charge in [0.2, 0.25) is 5.75 Å². The van der Waals surface area contributed by atoms with Crippen molar-refractivity contribution in [1.82, 2.24) is 25.1 Å². The minimum absolute atomic E-state index is 0.176. The van der Waals surface area contributed by atoms with Gasteiger partial charge in [0, 0.05) is 37.8 Å². The fourth-order valence-electron chi connectivity index (χ4n) is 3.03. The van der Waals surface area contributed by atoms with E-state index >= 15 is 0 Å². The molecule has 7 heteroatoms. The second kappa shape index (κ2) is 10.6. The predicted molar refractivity (Wildman–Crippen MR) is 119 cm³/mol. The van der Waals surface area contributed by atoms with Crippen LogP contribution in [0.5, 0.6) is 5.75 Å². The highest BCUT2D eigenvalue weighted by Gasteiger charge is 2.19. The third-order valence-corrected chi connectivity index (χ3v) is 4.54. The third kappa shape index (κ3) is 6.20. The van der Waals surface area contributed by atoms with Gasteiger partial charge in [-0.25, -0.2) is 4.98 Å². The molecule has 2 aromatic heterocycles. The Kier molecular flexibility index (Phi) is 7.42. The molecule has 31 heavy (non-hydrogen) atoms. The van der Waals surface area contributed by atoms with Crippen molar-refractivity contribution >= 4 is 0 Å². The van der Waals surface area contributed by atoms with E-state index in [1.165, 1.54) is 6.33 Å². The highest BCUT2D eigenvalue weighted by Crippen LogP contribution is 2.23. The minimum Gasteiger partial charge on any atom is -0.502 e. The molecule has 0 saturated carbocycles. The lowest BCUT2D eigenvalue weighted by molar-refractivity contribution is 0.441. The van der Waals surface area contributed by atoms with Gasteiger partial charge in [-0.15, -0.1) is 6.58 Å². The van der Waals surface area contributed by atoms with Crippen LogP contribution in [-0.4, -0.2) is 37.9 Å². The number of nitrogens with one attached hydrogen (secondary N) is 2. The number of aromatic amines is 1. The van der Waals surface area contributed by atoms with E-state index in [-0.39, 0.29) is 11.7 Å². The average molecular weight is 413 g/mol. The standard InChI is InChI=1S/C24H23N5O2/c1-3-12-25-15-21(22-23(30)24(31)27-17-26-22)13-19-10-8-18(9-11-19)6-4-5-7-20-14-28-29(2)16-20/h3,8-11,14,16-17,21,25,30H,1,12-13,15H2,2H3,(H,26,27,31). The Hall–Kier alpha value is -4.07. The van der Waals surface area contributed by atoms with Gasteiger partial charge in [0.15, 0.2) is 0 Å². The molecule has 1 atom stereocenters. The Morgan fingerprint density at radius 2 is 2.00 bits per heavy atom. The number of aromatic hydroxyl groups is 1. The molecule has 0 aliphatic heterocycles. The Morgan fingerprint density at radius 1 is 1.26 bits per heavy atom. The molecule has 156 valence electrons. The lowest BCUT2D eigenvalue weighted by Gasteiger charge is -2.17. The van der Waals surface area contributed by atoms with Crippen LogP contribution < -0.4 is 10.9 Å². The summed E-state index contributed by atoms with van der Waals surface area (Å²) in [5, 5.41) is 17.5. The van der Waals surface area contributed by atoms with Gasteiger partial charge in [-0.2, -0.15) is 5.10 Å². The largest absolute Gasteiger partial charge is 0.502 e. The fourth-order valence-corrected chi connectivity index (χ4v) is 3.03. The van der Waals surface area contributed by atoms with Crippen molar-refractivity contribution in [2.45, 2.75) is 12.3 Å². The number of benzene rings is 1. The second-order valence-electron chi connectivity index (χ2n) is 6.91. The van der Waals surface area contributed by atoms with E-state index in [9.17, 15) is 9.90 Å². The molecule has 0 aliphatic rings. The number of hydrogen-bond acceptors (Lipinski definition) is 5. The molecule has 0 spiro atoms. The normalized spacial score (nSPS) is 11.0. The maximum absolute atomic E-state index is 11.8. The molecule has 1 aromatic carbocycles. The molecule has 0 fully saturated rings. The first-order valence-electron chi connectivity index (χ1n) is 9.74. The summed E-state index contributed by atoms with van der Waals surface area (Å²) in [5.41, 5.74) is 2.54. The molecular weight excluding hydrogens is 390 g/mol. The van der Waals surface area contributed by atoms with Crippen molar-refractivity contribution < 1.29 is 5.11 Å². The second-order valence-corrected chi connectivity index (χ2v) is 6.91. The number of hydrogen-bond donors (Lipinski definition) is 3. The zero-order valence-corrected chi connectivity index (χ0v) is 17.2. The topological polar surface area (TPSA) is 95.8 Å². The summed E-state index contributed by atoms with van der Waals surface area (Å²) in [6.45, 7) is 4.86. The van der Waals surface area contributed by atoms with E-state index < -0.39 is 5.56 Å². The summed E-state index contributed by atoms with van der Waals surface area (Å²) >= 11 is 0. The van der Waals surface area contributed by atoms with Crippen LogP contribution in [0.25, 0.3) is 0 Å². The minimum atomic E-state index is -0.545. The van der Waals surface area contributed by atoms with Crippen LogP contribution in [0.3, 0.4) is 0 Å². The molecule has 2 heterocycles. The number of rotatable bonds is 7. The smallest absolute Gasteiger partial charge is 0.293 e. The first-order valence-corrected chi connectivity index (χ1v) is 9.74. The number of aromatic nitrogens is 4. The molecule has 0 radical (unpaired) electrons. The number of nitrogens with zero attached hydrogens (tertiary/aromatic N) is 3. The van der Waals surface area contributed by atoms with Gasteiger partial charge in [-0.1, -0.05) is 24.1 Å². The number of H-pyrrole nitrogens is 1. The van der Waals surface area contributed by atoms with Crippen molar-refractivity contribution in [2.24, 2.45) is 7.05 Å². The van der Waals surface area contributed by atoms with Crippen LogP contribution in [0.1, 0.15) is 28.3 Å². The molecule has 0 aliphatic carbocycles. The molecule has 0 amide bonds. The highest BCUT2D eigenvalue weighted by molar-refractivity contribution is 5.44. The summed E-state index contributed by atoms with van der Waals surface area (Å²) in [6.07, 6.45) is 7.19. The Balaban J connectivity index is 1.71. The molecule has 0 bridgehead atoms. The fraction of sp³-hybridized carbons (Fsp3) is 0.208. The van der Waals surface area contributed by atoms with Gasteiger partial charge in [-0.05, 0) is 41.9 Å². The van der Waals surface area contributed by atoms with E-state index in [0.29, 0.717) is 25.2 Å². The maximum atomic E-state index is 11.8. The molecule has 0 saturated heterocycles. The molecule has 3 aromatic rings. The van der Waals surface area contributed by atoms with Crippen LogP contribution in [0.15, 0.2) is 60.4 Å². The van der Waals surface area contributed by atoms with Crippen LogP contribution in [0.4, 0.5) is 0 Å².